The van der Waals surface area contributed by atoms with Crippen LogP contribution in [0.2, 0.25) is 0 Å². The van der Waals surface area contributed by atoms with E-state index in [9.17, 15) is 23.1 Å². The van der Waals surface area contributed by atoms with Gasteiger partial charge in [0.25, 0.3) is 0 Å². The molecule has 2 aromatic carbocycles. The molecule has 0 saturated carbocycles. The number of alkyl halides is 3. The molecule has 1 saturated heterocycles. The van der Waals surface area contributed by atoms with Crippen molar-refractivity contribution in [3.05, 3.63) is 54.1 Å². The van der Waals surface area contributed by atoms with E-state index in [2.05, 4.69) is 5.32 Å². The highest BCUT2D eigenvalue weighted by molar-refractivity contribution is 5.90. The van der Waals surface area contributed by atoms with Gasteiger partial charge in [-0.25, -0.2) is 4.79 Å². The van der Waals surface area contributed by atoms with Crippen molar-refractivity contribution in [3.63, 3.8) is 0 Å². The van der Waals surface area contributed by atoms with Gasteiger partial charge in [0.05, 0.1) is 11.3 Å². The molecule has 0 spiro atoms. The quantitative estimate of drug-likeness (QED) is 0.852. The molecule has 26 heavy (non-hydrogen) atoms. The predicted octanol–water partition coefficient (Wildman–Crippen LogP) is 3.77. The second-order valence-electron chi connectivity index (χ2n) is 5.97. The first kappa shape index (κ1) is 17.9. The number of nitrogens with one attached hydrogen (secondary N) is 1. The molecule has 138 valence electrons. The third-order valence-corrected chi connectivity index (χ3v) is 4.24. The molecule has 0 unspecified atom stereocenters. The fourth-order valence-corrected chi connectivity index (χ4v) is 2.89. The van der Waals surface area contributed by atoms with Crippen molar-refractivity contribution in [1.29, 1.82) is 0 Å². The van der Waals surface area contributed by atoms with E-state index >= 15 is 0 Å². The molecular formula is C18H18F3N3O2. The summed E-state index contributed by atoms with van der Waals surface area (Å²) in [4.78, 5) is 15.8. The predicted molar refractivity (Wildman–Crippen MR) is 92.4 cm³/mol. The van der Waals surface area contributed by atoms with E-state index < -0.39 is 17.8 Å². The van der Waals surface area contributed by atoms with E-state index in [0.717, 1.165) is 11.8 Å². The lowest BCUT2D eigenvalue weighted by Crippen LogP contribution is -2.50. The van der Waals surface area contributed by atoms with Crippen LogP contribution in [0.5, 0.6) is 5.75 Å². The number of aromatic hydroxyl groups is 1. The van der Waals surface area contributed by atoms with Crippen LogP contribution in [0.3, 0.4) is 0 Å². The molecule has 1 heterocycles. The lowest BCUT2D eigenvalue weighted by atomic mass is 10.1. The number of urea groups is 1. The Hall–Kier alpha value is -2.90. The Labute approximate surface area is 148 Å². The highest BCUT2D eigenvalue weighted by atomic mass is 19.4. The Kier molecular flexibility index (Phi) is 4.92. The van der Waals surface area contributed by atoms with Crippen LogP contribution >= 0.6 is 0 Å². The van der Waals surface area contributed by atoms with Gasteiger partial charge in [-0.15, -0.1) is 0 Å². The molecule has 8 heteroatoms. The van der Waals surface area contributed by atoms with Gasteiger partial charge >= 0.3 is 12.2 Å². The number of amides is 2. The Morgan fingerprint density at radius 3 is 2.35 bits per heavy atom. The van der Waals surface area contributed by atoms with Gasteiger partial charge in [-0.1, -0.05) is 18.2 Å². The van der Waals surface area contributed by atoms with E-state index in [1.54, 1.807) is 18.2 Å². The molecule has 0 atom stereocenters. The van der Waals surface area contributed by atoms with E-state index in [0.29, 0.717) is 26.2 Å². The molecule has 1 aliphatic rings. The number of piperazine rings is 1. The van der Waals surface area contributed by atoms with Crippen LogP contribution in [0, 0.1) is 0 Å². The van der Waals surface area contributed by atoms with Crippen LogP contribution in [0.15, 0.2) is 48.5 Å². The standard InChI is InChI=1S/C18H18F3N3O2/c19-18(20,21)15-6-1-2-7-16(15)22-17(26)24-10-8-23(9-11-24)13-4-3-5-14(25)12-13/h1-7,12,25H,8-11H2,(H,22,26). The molecule has 1 fully saturated rings. The summed E-state index contributed by atoms with van der Waals surface area (Å²) in [5.41, 5.74) is -0.278. The van der Waals surface area contributed by atoms with Crippen molar-refractivity contribution in [2.24, 2.45) is 0 Å². The summed E-state index contributed by atoms with van der Waals surface area (Å²) >= 11 is 0. The second kappa shape index (κ2) is 7.15. The maximum atomic E-state index is 13.0. The Morgan fingerprint density at radius 1 is 1.00 bits per heavy atom. The van der Waals surface area contributed by atoms with Crippen molar-refractivity contribution in [2.45, 2.75) is 6.18 Å². The Morgan fingerprint density at radius 2 is 1.69 bits per heavy atom. The topological polar surface area (TPSA) is 55.8 Å². The molecular weight excluding hydrogens is 347 g/mol. The van der Waals surface area contributed by atoms with E-state index in [-0.39, 0.29) is 11.4 Å². The van der Waals surface area contributed by atoms with Crippen LogP contribution in [0.1, 0.15) is 5.56 Å². The minimum absolute atomic E-state index is 0.159. The van der Waals surface area contributed by atoms with Gasteiger partial charge in [0.2, 0.25) is 0 Å². The highest BCUT2D eigenvalue weighted by Gasteiger charge is 2.34. The smallest absolute Gasteiger partial charge is 0.418 e. The average molecular weight is 365 g/mol. The van der Waals surface area contributed by atoms with Crippen molar-refractivity contribution in [2.75, 3.05) is 36.4 Å². The van der Waals surface area contributed by atoms with E-state index in [1.165, 1.54) is 23.1 Å². The van der Waals surface area contributed by atoms with Gasteiger partial charge in [-0.2, -0.15) is 13.2 Å². The maximum absolute atomic E-state index is 13.0. The van der Waals surface area contributed by atoms with Gasteiger partial charge in [0.1, 0.15) is 5.75 Å². The average Bonchev–Trinajstić information content (AvgIpc) is 2.61. The molecule has 0 radical (unpaired) electrons. The molecule has 2 aromatic rings. The molecule has 0 bridgehead atoms. The number of phenols is 1. The zero-order chi connectivity index (χ0) is 18.7. The number of benzene rings is 2. The SMILES string of the molecule is O=C(Nc1ccccc1C(F)(F)F)N1CCN(c2cccc(O)c2)CC1. The summed E-state index contributed by atoms with van der Waals surface area (Å²) < 4.78 is 39.1. The largest absolute Gasteiger partial charge is 0.508 e. The first-order chi connectivity index (χ1) is 12.3. The molecule has 2 N–H and O–H groups in total. The third kappa shape index (κ3) is 4.01. The van der Waals surface area contributed by atoms with Crippen molar-refractivity contribution in [1.82, 2.24) is 4.90 Å². The molecule has 0 aromatic heterocycles. The normalized spacial score (nSPS) is 15.0. The molecule has 1 aliphatic heterocycles. The number of phenolic OH excluding ortho intramolecular Hbond substituents is 1. The van der Waals surface area contributed by atoms with Crippen LogP contribution < -0.4 is 10.2 Å². The first-order valence-electron chi connectivity index (χ1n) is 8.11. The number of anilines is 2. The number of para-hydroxylation sites is 1. The number of halogens is 3. The van der Waals surface area contributed by atoms with Crippen LogP contribution in [-0.4, -0.2) is 42.2 Å². The second-order valence-corrected chi connectivity index (χ2v) is 5.97. The van der Waals surface area contributed by atoms with E-state index in [4.69, 9.17) is 0 Å². The Balaban J connectivity index is 1.63. The van der Waals surface area contributed by atoms with Gasteiger partial charge in [-0.05, 0) is 24.3 Å². The number of carbonyl (C=O) groups excluding carboxylic acids is 1. The summed E-state index contributed by atoms with van der Waals surface area (Å²) in [5, 5.41) is 11.9. The van der Waals surface area contributed by atoms with Crippen molar-refractivity contribution >= 4 is 17.4 Å². The summed E-state index contributed by atoms with van der Waals surface area (Å²) in [6.07, 6.45) is -4.53. The zero-order valence-electron chi connectivity index (χ0n) is 13.8. The third-order valence-electron chi connectivity index (χ3n) is 4.24. The Bertz CT molecular complexity index is 787. The van der Waals surface area contributed by atoms with Gasteiger partial charge in [0, 0.05) is 37.9 Å². The van der Waals surface area contributed by atoms with Gasteiger partial charge in [-0.3, -0.25) is 0 Å². The number of carbonyl (C=O) groups is 1. The lowest BCUT2D eigenvalue weighted by Gasteiger charge is -2.36. The minimum atomic E-state index is -4.53. The monoisotopic (exact) mass is 365 g/mol. The fourth-order valence-electron chi connectivity index (χ4n) is 2.89. The first-order valence-corrected chi connectivity index (χ1v) is 8.11. The van der Waals surface area contributed by atoms with Crippen molar-refractivity contribution in [3.8, 4) is 5.75 Å². The maximum Gasteiger partial charge on any atom is 0.418 e. The number of hydrogen-bond donors (Lipinski definition) is 2. The van der Waals surface area contributed by atoms with Crippen LogP contribution in [0.25, 0.3) is 0 Å². The molecule has 3 rings (SSSR count). The summed E-state index contributed by atoms with van der Waals surface area (Å²) in [7, 11) is 0. The van der Waals surface area contributed by atoms with Crippen LogP contribution in [-0.2, 0) is 6.18 Å². The van der Waals surface area contributed by atoms with E-state index in [1.807, 2.05) is 11.0 Å². The molecule has 2 amide bonds. The fraction of sp³-hybridized carbons (Fsp3) is 0.278. The molecule has 5 nitrogen and oxygen atoms in total. The number of rotatable bonds is 2. The summed E-state index contributed by atoms with van der Waals surface area (Å²) in [6.45, 7) is 1.79. The summed E-state index contributed by atoms with van der Waals surface area (Å²) in [5.74, 6) is 0.159. The van der Waals surface area contributed by atoms with Gasteiger partial charge in [0.15, 0.2) is 0 Å². The summed E-state index contributed by atoms with van der Waals surface area (Å²) in [6, 6.07) is 11.2. The van der Waals surface area contributed by atoms with Crippen molar-refractivity contribution < 1.29 is 23.1 Å². The minimum Gasteiger partial charge on any atom is -0.508 e. The number of nitrogens with zero attached hydrogens (tertiary/aromatic N) is 2. The zero-order valence-corrected chi connectivity index (χ0v) is 13.8. The number of hydrogen-bond acceptors (Lipinski definition) is 3. The lowest BCUT2D eigenvalue weighted by molar-refractivity contribution is -0.136. The molecule has 0 aliphatic carbocycles. The van der Waals surface area contributed by atoms with Crippen LogP contribution in [0.4, 0.5) is 29.3 Å². The van der Waals surface area contributed by atoms with Gasteiger partial charge < -0.3 is 20.2 Å². The highest BCUT2D eigenvalue weighted by Crippen LogP contribution is 2.34.